The molecule has 1 aromatic rings. The molecule has 1 aliphatic heterocycles. The zero-order chi connectivity index (χ0) is 11.9. The average molecular weight is 230 g/mol. The van der Waals surface area contributed by atoms with Crippen molar-refractivity contribution >= 4 is 0 Å². The predicted molar refractivity (Wildman–Crippen MR) is 51.2 cm³/mol. The summed E-state index contributed by atoms with van der Waals surface area (Å²) in [6.07, 6.45) is -2.54. The Bertz CT molecular complexity index is 380. The summed E-state index contributed by atoms with van der Waals surface area (Å²) in [4.78, 5) is 3.91. The molecule has 7 nitrogen and oxygen atoms in total. The molecule has 2 rings (SSSR count). The van der Waals surface area contributed by atoms with Crippen LogP contribution in [-0.4, -0.2) is 53.9 Å². The molecule has 1 aromatic heterocycles. The van der Waals surface area contributed by atoms with E-state index in [1.165, 1.54) is 10.8 Å². The molecule has 0 fully saturated rings. The second-order valence-electron chi connectivity index (χ2n) is 3.83. The third-order valence-corrected chi connectivity index (χ3v) is 2.85. The van der Waals surface area contributed by atoms with Crippen LogP contribution >= 0.6 is 0 Å². The molecule has 0 spiro atoms. The SMILES string of the molecule is OCc1cn2c(n1)[C@H](O)[C@@H](O)[C@H](O)[C@H]2CO. The molecule has 90 valence electrons. The first-order chi connectivity index (χ1) is 7.60. The minimum absolute atomic E-state index is 0.140. The van der Waals surface area contributed by atoms with Gasteiger partial charge in [-0.15, -0.1) is 0 Å². The molecule has 0 amide bonds. The Labute approximate surface area is 91.2 Å². The Hall–Kier alpha value is -0.990. The summed E-state index contributed by atoms with van der Waals surface area (Å²) in [5, 5.41) is 46.9. The lowest BCUT2D eigenvalue weighted by Gasteiger charge is -2.35. The number of rotatable bonds is 2. The number of aliphatic hydroxyl groups excluding tert-OH is 5. The van der Waals surface area contributed by atoms with Gasteiger partial charge in [-0.25, -0.2) is 4.98 Å². The van der Waals surface area contributed by atoms with Crippen molar-refractivity contribution in [2.45, 2.75) is 31.0 Å². The van der Waals surface area contributed by atoms with Crippen molar-refractivity contribution in [3.8, 4) is 0 Å². The Morgan fingerprint density at radius 2 is 1.88 bits per heavy atom. The maximum atomic E-state index is 9.67. The molecule has 5 N–H and O–H groups in total. The van der Waals surface area contributed by atoms with Gasteiger partial charge in [0.25, 0.3) is 0 Å². The zero-order valence-electron chi connectivity index (χ0n) is 8.43. The second kappa shape index (κ2) is 4.11. The van der Waals surface area contributed by atoms with Crippen LogP contribution in [0.5, 0.6) is 0 Å². The Balaban J connectivity index is 2.47. The number of aliphatic hydroxyl groups is 5. The van der Waals surface area contributed by atoms with Crippen LogP contribution in [0.25, 0.3) is 0 Å². The van der Waals surface area contributed by atoms with Crippen molar-refractivity contribution in [3.05, 3.63) is 17.7 Å². The minimum Gasteiger partial charge on any atom is -0.394 e. The highest BCUT2D eigenvalue weighted by atomic mass is 16.4. The summed E-state index contributed by atoms with van der Waals surface area (Å²) in [5.41, 5.74) is 0.314. The first kappa shape index (κ1) is 11.5. The maximum absolute atomic E-state index is 9.67. The zero-order valence-corrected chi connectivity index (χ0v) is 8.43. The van der Waals surface area contributed by atoms with Gasteiger partial charge >= 0.3 is 0 Å². The largest absolute Gasteiger partial charge is 0.394 e. The van der Waals surface area contributed by atoms with Crippen molar-refractivity contribution in [1.29, 1.82) is 0 Å². The lowest BCUT2D eigenvalue weighted by Crippen LogP contribution is -2.46. The summed E-state index contributed by atoms with van der Waals surface area (Å²) in [6, 6.07) is -0.763. The quantitative estimate of drug-likeness (QED) is 0.389. The Morgan fingerprint density at radius 3 is 2.44 bits per heavy atom. The van der Waals surface area contributed by atoms with Crippen LogP contribution in [0.4, 0.5) is 0 Å². The van der Waals surface area contributed by atoms with Crippen LogP contribution in [0.15, 0.2) is 6.20 Å². The molecular formula is C9H14N2O5. The fraction of sp³-hybridized carbons (Fsp3) is 0.667. The van der Waals surface area contributed by atoms with Crippen LogP contribution in [0, 0.1) is 0 Å². The standard InChI is InChI=1S/C9H14N2O5/c12-2-4-1-11-5(3-13)6(14)7(15)8(16)9(11)10-4/h1,5-8,12-16H,2-3H2/t5-,6-,7+,8-/m1/s1. The highest BCUT2D eigenvalue weighted by Gasteiger charge is 2.41. The minimum atomic E-state index is -1.39. The molecule has 2 heterocycles. The van der Waals surface area contributed by atoms with Gasteiger partial charge < -0.3 is 30.1 Å². The van der Waals surface area contributed by atoms with Gasteiger partial charge in [-0.3, -0.25) is 0 Å². The first-order valence-corrected chi connectivity index (χ1v) is 4.93. The number of fused-ring (bicyclic) bond motifs is 1. The second-order valence-corrected chi connectivity index (χ2v) is 3.83. The third-order valence-electron chi connectivity index (χ3n) is 2.85. The summed E-state index contributed by atoms with van der Waals surface area (Å²) >= 11 is 0. The number of hydrogen-bond donors (Lipinski definition) is 5. The summed E-state index contributed by atoms with van der Waals surface area (Å²) in [7, 11) is 0. The Morgan fingerprint density at radius 1 is 1.19 bits per heavy atom. The number of nitrogens with zero attached hydrogens (tertiary/aromatic N) is 2. The molecule has 16 heavy (non-hydrogen) atoms. The number of imidazole rings is 1. The van der Waals surface area contributed by atoms with Crippen LogP contribution in [0.3, 0.4) is 0 Å². The van der Waals surface area contributed by atoms with E-state index in [1.54, 1.807) is 0 Å². The van der Waals surface area contributed by atoms with Crippen molar-refractivity contribution in [3.63, 3.8) is 0 Å². The third kappa shape index (κ3) is 1.53. The molecular weight excluding hydrogens is 216 g/mol. The van der Waals surface area contributed by atoms with E-state index in [4.69, 9.17) is 10.2 Å². The maximum Gasteiger partial charge on any atom is 0.141 e. The smallest absolute Gasteiger partial charge is 0.141 e. The average Bonchev–Trinajstić information content (AvgIpc) is 2.71. The highest BCUT2D eigenvalue weighted by molar-refractivity contribution is 5.13. The molecule has 0 aliphatic carbocycles. The highest BCUT2D eigenvalue weighted by Crippen LogP contribution is 2.32. The van der Waals surface area contributed by atoms with E-state index in [2.05, 4.69) is 4.98 Å². The fourth-order valence-electron chi connectivity index (χ4n) is 1.95. The van der Waals surface area contributed by atoms with Crippen LogP contribution in [-0.2, 0) is 6.61 Å². The van der Waals surface area contributed by atoms with E-state index in [1.807, 2.05) is 0 Å². The van der Waals surface area contributed by atoms with Crippen molar-refractivity contribution < 1.29 is 25.5 Å². The van der Waals surface area contributed by atoms with Crippen LogP contribution in [0.1, 0.15) is 23.7 Å². The monoisotopic (exact) mass is 230 g/mol. The number of hydrogen-bond acceptors (Lipinski definition) is 6. The molecule has 4 atom stereocenters. The van der Waals surface area contributed by atoms with E-state index in [0.717, 1.165) is 0 Å². The summed E-state index contributed by atoms with van der Waals surface area (Å²) in [5.74, 6) is 0.140. The topological polar surface area (TPSA) is 119 Å². The van der Waals surface area contributed by atoms with E-state index in [9.17, 15) is 15.3 Å². The van der Waals surface area contributed by atoms with E-state index < -0.39 is 24.4 Å². The van der Waals surface area contributed by atoms with Crippen molar-refractivity contribution in [1.82, 2.24) is 9.55 Å². The van der Waals surface area contributed by atoms with Crippen LogP contribution < -0.4 is 0 Å². The van der Waals surface area contributed by atoms with Gasteiger partial charge in [0.2, 0.25) is 0 Å². The van der Waals surface area contributed by atoms with E-state index in [-0.39, 0.29) is 19.0 Å². The molecule has 0 saturated carbocycles. The van der Waals surface area contributed by atoms with Crippen molar-refractivity contribution in [2.75, 3.05) is 6.61 Å². The van der Waals surface area contributed by atoms with Gasteiger partial charge in [0.05, 0.1) is 24.9 Å². The van der Waals surface area contributed by atoms with Crippen molar-refractivity contribution in [2.24, 2.45) is 0 Å². The summed E-state index contributed by atoms with van der Waals surface area (Å²) in [6.45, 7) is -0.698. The molecule has 0 saturated heterocycles. The molecule has 1 aliphatic rings. The van der Waals surface area contributed by atoms with Crippen LogP contribution in [0.2, 0.25) is 0 Å². The lowest BCUT2D eigenvalue weighted by atomic mass is 9.96. The van der Waals surface area contributed by atoms with Gasteiger partial charge in [0, 0.05) is 6.20 Å². The lowest BCUT2D eigenvalue weighted by molar-refractivity contribution is -0.108. The predicted octanol–water partition coefficient (Wildman–Crippen LogP) is -2.32. The first-order valence-electron chi connectivity index (χ1n) is 4.93. The van der Waals surface area contributed by atoms with E-state index in [0.29, 0.717) is 5.69 Å². The van der Waals surface area contributed by atoms with Gasteiger partial charge in [-0.05, 0) is 0 Å². The summed E-state index contributed by atoms with van der Waals surface area (Å²) < 4.78 is 1.38. The van der Waals surface area contributed by atoms with Gasteiger partial charge in [0.1, 0.15) is 24.1 Å². The Kier molecular flexibility index (Phi) is 2.96. The van der Waals surface area contributed by atoms with E-state index >= 15 is 0 Å². The molecule has 0 unspecified atom stereocenters. The van der Waals surface area contributed by atoms with Gasteiger partial charge in [-0.1, -0.05) is 0 Å². The molecule has 0 radical (unpaired) electrons. The molecule has 7 heteroatoms. The fourth-order valence-corrected chi connectivity index (χ4v) is 1.95. The molecule has 0 aromatic carbocycles. The molecule has 0 bridgehead atoms. The number of aromatic nitrogens is 2. The van der Waals surface area contributed by atoms with Gasteiger partial charge in [-0.2, -0.15) is 0 Å². The van der Waals surface area contributed by atoms with Gasteiger partial charge in [0.15, 0.2) is 0 Å². The normalized spacial score (nSPS) is 33.8.